The fourth-order valence-corrected chi connectivity index (χ4v) is 2.17. The van der Waals surface area contributed by atoms with E-state index in [1.165, 1.54) is 0 Å². The van der Waals surface area contributed by atoms with Crippen LogP contribution in [-0.4, -0.2) is 30.8 Å². The number of hydrogen-bond donors (Lipinski definition) is 2. The van der Waals surface area contributed by atoms with Crippen LogP contribution in [0.5, 0.6) is 11.5 Å². The van der Waals surface area contributed by atoms with Crippen molar-refractivity contribution in [1.29, 1.82) is 0 Å². The molecule has 0 aromatic heterocycles. The van der Waals surface area contributed by atoms with Gasteiger partial charge in [0.15, 0.2) is 6.61 Å². The van der Waals surface area contributed by atoms with E-state index >= 15 is 0 Å². The summed E-state index contributed by atoms with van der Waals surface area (Å²) in [7, 11) is 0. The van der Waals surface area contributed by atoms with E-state index in [1.807, 2.05) is 37.3 Å². The molecule has 1 unspecified atom stereocenters. The molecule has 5 nitrogen and oxygen atoms in total. The number of benzene rings is 2. The lowest BCUT2D eigenvalue weighted by molar-refractivity contribution is -0.124. The van der Waals surface area contributed by atoms with Crippen LogP contribution in [0.3, 0.4) is 0 Å². The standard InChI is InChI=1S/C19H23NO4/c1-3-23-16-9-11-17(12-10-16)24-13-18(21)20-14-19(2,22)15-7-5-4-6-8-15/h4-12,22H,3,13-14H2,1-2H3,(H,20,21). The molecule has 1 amide bonds. The molecular weight excluding hydrogens is 306 g/mol. The topological polar surface area (TPSA) is 67.8 Å². The van der Waals surface area contributed by atoms with E-state index in [1.54, 1.807) is 31.2 Å². The monoisotopic (exact) mass is 329 g/mol. The lowest BCUT2D eigenvalue weighted by Gasteiger charge is -2.24. The molecule has 2 rings (SSSR count). The summed E-state index contributed by atoms with van der Waals surface area (Å²) in [4.78, 5) is 11.9. The van der Waals surface area contributed by atoms with Gasteiger partial charge in [-0.3, -0.25) is 4.79 Å². The van der Waals surface area contributed by atoms with Crippen molar-refractivity contribution in [2.75, 3.05) is 19.8 Å². The highest BCUT2D eigenvalue weighted by Gasteiger charge is 2.23. The van der Waals surface area contributed by atoms with Crippen LogP contribution < -0.4 is 14.8 Å². The van der Waals surface area contributed by atoms with Gasteiger partial charge in [0.25, 0.3) is 5.91 Å². The first kappa shape index (κ1) is 17.8. The molecule has 2 aromatic rings. The minimum atomic E-state index is -1.13. The normalized spacial score (nSPS) is 13.0. The van der Waals surface area contributed by atoms with E-state index in [9.17, 15) is 9.90 Å². The van der Waals surface area contributed by atoms with Crippen molar-refractivity contribution in [3.63, 3.8) is 0 Å². The Labute approximate surface area is 142 Å². The third-order valence-corrected chi connectivity index (χ3v) is 3.53. The van der Waals surface area contributed by atoms with Crippen molar-refractivity contribution in [3.05, 3.63) is 60.2 Å². The first-order chi connectivity index (χ1) is 11.5. The summed E-state index contributed by atoms with van der Waals surface area (Å²) in [5, 5.41) is 13.1. The highest BCUT2D eigenvalue weighted by atomic mass is 16.5. The Morgan fingerprint density at radius 2 is 1.62 bits per heavy atom. The fraction of sp³-hybridized carbons (Fsp3) is 0.316. The molecule has 0 aliphatic carbocycles. The molecule has 2 N–H and O–H groups in total. The maximum atomic E-state index is 11.9. The third kappa shape index (κ3) is 5.28. The van der Waals surface area contributed by atoms with Crippen molar-refractivity contribution < 1.29 is 19.4 Å². The number of amides is 1. The molecule has 0 heterocycles. The summed E-state index contributed by atoms with van der Waals surface area (Å²) < 4.78 is 10.8. The number of carbonyl (C=O) groups is 1. The molecule has 2 aromatic carbocycles. The molecular formula is C19H23NO4. The van der Waals surface area contributed by atoms with Crippen LogP contribution in [-0.2, 0) is 10.4 Å². The Bertz CT molecular complexity index is 638. The van der Waals surface area contributed by atoms with Gasteiger partial charge in [-0.05, 0) is 43.7 Å². The summed E-state index contributed by atoms with van der Waals surface area (Å²) in [5.41, 5.74) is -0.381. The Hall–Kier alpha value is -2.53. The number of nitrogens with one attached hydrogen (secondary N) is 1. The molecule has 0 bridgehead atoms. The van der Waals surface area contributed by atoms with E-state index in [-0.39, 0.29) is 19.1 Å². The second-order valence-electron chi connectivity index (χ2n) is 5.61. The van der Waals surface area contributed by atoms with Crippen LogP contribution >= 0.6 is 0 Å². The van der Waals surface area contributed by atoms with Crippen LogP contribution in [0.2, 0.25) is 0 Å². The van der Waals surface area contributed by atoms with Gasteiger partial charge in [-0.2, -0.15) is 0 Å². The number of rotatable bonds is 8. The van der Waals surface area contributed by atoms with Gasteiger partial charge in [0.2, 0.25) is 0 Å². The Kier molecular flexibility index (Phi) is 6.21. The number of ether oxygens (including phenoxy) is 2. The minimum Gasteiger partial charge on any atom is -0.494 e. The molecule has 24 heavy (non-hydrogen) atoms. The van der Waals surface area contributed by atoms with Gasteiger partial charge >= 0.3 is 0 Å². The van der Waals surface area contributed by atoms with Crippen molar-refractivity contribution >= 4 is 5.91 Å². The Morgan fingerprint density at radius 1 is 1.04 bits per heavy atom. The number of hydrogen-bond acceptors (Lipinski definition) is 4. The van der Waals surface area contributed by atoms with Crippen molar-refractivity contribution in [1.82, 2.24) is 5.32 Å². The zero-order valence-corrected chi connectivity index (χ0v) is 14.0. The van der Waals surface area contributed by atoms with Gasteiger partial charge in [0, 0.05) is 0 Å². The molecule has 0 saturated carbocycles. The molecule has 0 saturated heterocycles. The van der Waals surface area contributed by atoms with Crippen LogP contribution in [0.15, 0.2) is 54.6 Å². The average molecular weight is 329 g/mol. The van der Waals surface area contributed by atoms with Crippen molar-refractivity contribution in [2.45, 2.75) is 19.4 Å². The molecule has 1 atom stereocenters. The lowest BCUT2D eigenvalue weighted by Crippen LogP contribution is -2.40. The molecule has 0 aliphatic rings. The molecule has 0 aliphatic heterocycles. The van der Waals surface area contributed by atoms with Crippen molar-refractivity contribution in [2.24, 2.45) is 0 Å². The Balaban J connectivity index is 1.79. The maximum absolute atomic E-state index is 11.9. The molecule has 5 heteroatoms. The molecule has 0 radical (unpaired) electrons. The van der Waals surface area contributed by atoms with Crippen LogP contribution in [0, 0.1) is 0 Å². The van der Waals surface area contributed by atoms with E-state index < -0.39 is 5.60 Å². The van der Waals surface area contributed by atoms with Crippen LogP contribution in [0.1, 0.15) is 19.4 Å². The maximum Gasteiger partial charge on any atom is 0.258 e. The van der Waals surface area contributed by atoms with Gasteiger partial charge in [0.1, 0.15) is 17.1 Å². The van der Waals surface area contributed by atoms with Gasteiger partial charge in [0.05, 0.1) is 13.2 Å². The lowest BCUT2D eigenvalue weighted by atomic mass is 9.96. The summed E-state index contributed by atoms with van der Waals surface area (Å²) in [5.74, 6) is 1.05. The highest BCUT2D eigenvalue weighted by Crippen LogP contribution is 2.19. The van der Waals surface area contributed by atoms with Gasteiger partial charge < -0.3 is 19.9 Å². The van der Waals surface area contributed by atoms with Crippen LogP contribution in [0.25, 0.3) is 0 Å². The minimum absolute atomic E-state index is 0.112. The predicted octanol–water partition coefficient (Wildman–Crippen LogP) is 2.49. The molecule has 0 fully saturated rings. The fourth-order valence-electron chi connectivity index (χ4n) is 2.17. The van der Waals surface area contributed by atoms with E-state index in [0.29, 0.717) is 12.4 Å². The van der Waals surface area contributed by atoms with E-state index in [4.69, 9.17) is 9.47 Å². The summed E-state index contributed by atoms with van der Waals surface area (Å²) in [6, 6.07) is 16.3. The third-order valence-electron chi connectivity index (χ3n) is 3.53. The zero-order valence-electron chi connectivity index (χ0n) is 14.0. The van der Waals surface area contributed by atoms with Gasteiger partial charge in [-0.25, -0.2) is 0 Å². The largest absolute Gasteiger partial charge is 0.494 e. The highest BCUT2D eigenvalue weighted by molar-refractivity contribution is 5.77. The first-order valence-corrected chi connectivity index (χ1v) is 7.91. The van der Waals surface area contributed by atoms with E-state index in [2.05, 4.69) is 5.32 Å². The average Bonchev–Trinajstić information content (AvgIpc) is 2.60. The zero-order chi connectivity index (χ0) is 17.4. The quantitative estimate of drug-likeness (QED) is 0.781. The molecule has 128 valence electrons. The number of carbonyl (C=O) groups excluding carboxylic acids is 1. The molecule has 0 spiro atoms. The van der Waals surface area contributed by atoms with Crippen molar-refractivity contribution in [3.8, 4) is 11.5 Å². The number of aliphatic hydroxyl groups is 1. The smallest absolute Gasteiger partial charge is 0.258 e. The first-order valence-electron chi connectivity index (χ1n) is 7.91. The summed E-state index contributed by atoms with van der Waals surface area (Å²) in [6.07, 6.45) is 0. The van der Waals surface area contributed by atoms with E-state index in [0.717, 1.165) is 11.3 Å². The SMILES string of the molecule is CCOc1ccc(OCC(=O)NCC(C)(O)c2ccccc2)cc1. The summed E-state index contributed by atoms with van der Waals surface area (Å²) in [6.45, 7) is 4.18. The Morgan fingerprint density at radius 3 is 2.21 bits per heavy atom. The second-order valence-corrected chi connectivity index (χ2v) is 5.61. The van der Waals surface area contributed by atoms with Gasteiger partial charge in [-0.15, -0.1) is 0 Å². The van der Waals surface area contributed by atoms with Gasteiger partial charge in [-0.1, -0.05) is 30.3 Å². The predicted molar refractivity (Wildman–Crippen MR) is 92.1 cm³/mol. The summed E-state index contributed by atoms with van der Waals surface area (Å²) >= 11 is 0. The van der Waals surface area contributed by atoms with Crippen LogP contribution in [0.4, 0.5) is 0 Å². The second kappa shape index (κ2) is 8.36.